The third-order valence-corrected chi connectivity index (χ3v) is 6.20. The number of hydrogen-bond donors (Lipinski definition) is 0. The van der Waals surface area contributed by atoms with Crippen molar-refractivity contribution in [3.8, 4) is 11.5 Å². The van der Waals surface area contributed by atoms with E-state index < -0.39 is 0 Å². The summed E-state index contributed by atoms with van der Waals surface area (Å²) in [7, 11) is 1.83. The van der Waals surface area contributed by atoms with Gasteiger partial charge in [0.1, 0.15) is 11.9 Å². The van der Waals surface area contributed by atoms with Crippen molar-refractivity contribution in [3.05, 3.63) is 65.7 Å². The van der Waals surface area contributed by atoms with Crippen LogP contribution in [-0.4, -0.2) is 65.6 Å². The van der Waals surface area contributed by atoms with E-state index in [-0.39, 0.29) is 17.8 Å². The van der Waals surface area contributed by atoms with Gasteiger partial charge in [-0.05, 0) is 30.7 Å². The molecule has 0 radical (unpaired) electrons. The van der Waals surface area contributed by atoms with Crippen molar-refractivity contribution in [2.45, 2.75) is 26.3 Å². The zero-order valence-electron chi connectivity index (χ0n) is 19.4. The highest BCUT2D eigenvalue weighted by molar-refractivity contribution is 5.83. The minimum Gasteiger partial charge on any atom is -0.367 e. The summed E-state index contributed by atoms with van der Waals surface area (Å²) in [4.78, 5) is 23.4. The lowest BCUT2D eigenvalue weighted by Gasteiger charge is -2.40. The van der Waals surface area contributed by atoms with Crippen molar-refractivity contribution in [1.29, 1.82) is 0 Å². The van der Waals surface area contributed by atoms with Gasteiger partial charge >= 0.3 is 0 Å². The number of nitrogens with zero attached hydrogens (tertiary/aromatic N) is 5. The van der Waals surface area contributed by atoms with E-state index in [0.29, 0.717) is 62.1 Å². The maximum Gasteiger partial charge on any atom is 0.258 e. The van der Waals surface area contributed by atoms with E-state index in [1.54, 1.807) is 11.0 Å². The number of halogens is 1. The largest absolute Gasteiger partial charge is 0.367 e. The van der Waals surface area contributed by atoms with Crippen LogP contribution < -0.4 is 4.90 Å². The molecule has 1 saturated heterocycles. The Morgan fingerprint density at radius 1 is 1.12 bits per heavy atom. The van der Waals surface area contributed by atoms with E-state index in [0.717, 1.165) is 5.56 Å². The fourth-order valence-corrected chi connectivity index (χ4v) is 4.14. The monoisotopic (exact) mass is 451 g/mol. The number of carbonyl (C=O) groups is 1. The molecule has 1 aromatic heterocycles. The SMILES string of the molecule is CCc1noc(-c2ccc(N3CCN(C(C(=O)N(C)CC)c4ccccc4)CC3)c(F)c2)n1. The van der Waals surface area contributed by atoms with Crippen molar-refractivity contribution in [1.82, 2.24) is 19.9 Å². The molecule has 1 aliphatic heterocycles. The molecule has 1 unspecified atom stereocenters. The molecule has 4 rings (SSSR count). The first-order valence-corrected chi connectivity index (χ1v) is 11.4. The first kappa shape index (κ1) is 22.9. The van der Waals surface area contributed by atoms with Gasteiger partial charge in [-0.2, -0.15) is 4.98 Å². The topological polar surface area (TPSA) is 65.7 Å². The molecule has 2 aromatic carbocycles. The highest BCUT2D eigenvalue weighted by Crippen LogP contribution is 2.29. The Kier molecular flexibility index (Phi) is 7.03. The molecule has 0 N–H and O–H groups in total. The van der Waals surface area contributed by atoms with Gasteiger partial charge in [-0.25, -0.2) is 4.39 Å². The third-order valence-electron chi connectivity index (χ3n) is 6.20. The van der Waals surface area contributed by atoms with Gasteiger partial charge in [0.25, 0.3) is 5.89 Å². The standard InChI is InChI=1S/C25H30FN5O2/c1-4-22-27-24(33-28-22)19-11-12-21(20(26)17-19)30-13-15-31(16-14-30)23(25(32)29(3)5-2)18-9-7-6-8-10-18/h6-12,17,23H,4-5,13-16H2,1-3H3. The molecule has 0 aliphatic carbocycles. The van der Waals surface area contributed by atoms with Gasteiger partial charge in [-0.15, -0.1) is 0 Å². The molecule has 1 fully saturated rings. The molecule has 0 saturated carbocycles. The number of rotatable bonds is 7. The maximum atomic E-state index is 15.0. The second kappa shape index (κ2) is 10.1. The molecule has 174 valence electrons. The molecule has 1 atom stereocenters. The first-order valence-electron chi connectivity index (χ1n) is 11.4. The summed E-state index contributed by atoms with van der Waals surface area (Å²) in [5, 5.41) is 3.88. The van der Waals surface area contributed by atoms with Gasteiger partial charge in [0.2, 0.25) is 5.91 Å². The number of aromatic nitrogens is 2. The van der Waals surface area contributed by atoms with Gasteiger partial charge in [-0.3, -0.25) is 9.69 Å². The summed E-state index contributed by atoms with van der Waals surface area (Å²) in [6.07, 6.45) is 0.662. The molecule has 1 aliphatic rings. The molecule has 7 nitrogen and oxygen atoms in total. The summed E-state index contributed by atoms with van der Waals surface area (Å²) in [6, 6.07) is 14.6. The smallest absolute Gasteiger partial charge is 0.258 e. The molecule has 3 aromatic rings. The quantitative estimate of drug-likeness (QED) is 0.545. The van der Waals surface area contributed by atoms with Gasteiger partial charge in [0.05, 0.1) is 5.69 Å². The van der Waals surface area contributed by atoms with Crippen LogP contribution in [0.2, 0.25) is 0 Å². The predicted octanol–water partition coefficient (Wildman–Crippen LogP) is 3.78. The Bertz CT molecular complexity index is 1080. The van der Waals surface area contributed by atoms with Gasteiger partial charge in [-0.1, -0.05) is 42.4 Å². The van der Waals surface area contributed by atoms with Crippen molar-refractivity contribution >= 4 is 11.6 Å². The van der Waals surface area contributed by atoms with Gasteiger partial charge in [0.15, 0.2) is 5.82 Å². The number of anilines is 1. The van der Waals surface area contributed by atoms with Crippen molar-refractivity contribution < 1.29 is 13.7 Å². The Morgan fingerprint density at radius 3 is 2.45 bits per heavy atom. The average molecular weight is 452 g/mol. The zero-order chi connectivity index (χ0) is 23.4. The van der Waals surface area contributed by atoms with Crippen molar-refractivity contribution in [2.24, 2.45) is 0 Å². The van der Waals surface area contributed by atoms with E-state index in [1.165, 1.54) is 6.07 Å². The van der Waals surface area contributed by atoms with Crippen LogP contribution in [0.25, 0.3) is 11.5 Å². The lowest BCUT2D eigenvalue weighted by atomic mass is 10.0. The molecular formula is C25H30FN5O2. The van der Waals surface area contributed by atoms with Gasteiger partial charge < -0.3 is 14.3 Å². The summed E-state index contributed by atoms with van der Waals surface area (Å²) < 4.78 is 20.2. The number of likely N-dealkylation sites (N-methyl/N-ethyl adjacent to an activating group) is 1. The highest BCUT2D eigenvalue weighted by atomic mass is 19.1. The zero-order valence-corrected chi connectivity index (χ0v) is 19.4. The lowest BCUT2D eigenvalue weighted by Crippen LogP contribution is -2.51. The fourth-order valence-electron chi connectivity index (χ4n) is 4.14. The Labute approximate surface area is 193 Å². The van der Waals surface area contributed by atoms with E-state index in [4.69, 9.17) is 4.52 Å². The van der Waals surface area contributed by atoms with Crippen LogP contribution in [0.3, 0.4) is 0 Å². The van der Waals surface area contributed by atoms with Crippen LogP contribution in [0.5, 0.6) is 0 Å². The van der Waals surface area contributed by atoms with Crippen LogP contribution in [-0.2, 0) is 11.2 Å². The number of carbonyl (C=O) groups excluding carboxylic acids is 1. The average Bonchev–Trinajstić information content (AvgIpc) is 3.34. The van der Waals surface area contributed by atoms with Crippen molar-refractivity contribution in [2.75, 3.05) is 44.7 Å². The molecular weight excluding hydrogens is 421 g/mol. The fraction of sp³-hybridized carbons (Fsp3) is 0.400. The third kappa shape index (κ3) is 4.90. The van der Waals surface area contributed by atoms with Crippen LogP contribution >= 0.6 is 0 Å². The summed E-state index contributed by atoms with van der Waals surface area (Å²) >= 11 is 0. The Balaban J connectivity index is 1.48. The molecule has 0 bridgehead atoms. The van der Waals surface area contributed by atoms with E-state index in [2.05, 4.69) is 15.0 Å². The molecule has 1 amide bonds. The summed E-state index contributed by atoms with van der Waals surface area (Å²) in [5.41, 5.74) is 2.10. The lowest BCUT2D eigenvalue weighted by molar-refractivity contribution is -0.136. The predicted molar refractivity (Wildman–Crippen MR) is 125 cm³/mol. The molecule has 0 spiro atoms. The molecule has 33 heavy (non-hydrogen) atoms. The highest BCUT2D eigenvalue weighted by Gasteiger charge is 2.32. The second-order valence-corrected chi connectivity index (χ2v) is 8.22. The van der Waals surface area contributed by atoms with Gasteiger partial charge in [0, 0.05) is 51.8 Å². The number of hydrogen-bond acceptors (Lipinski definition) is 6. The van der Waals surface area contributed by atoms with Crippen molar-refractivity contribution in [3.63, 3.8) is 0 Å². The minimum absolute atomic E-state index is 0.0821. The minimum atomic E-state index is -0.337. The normalized spacial score (nSPS) is 15.5. The Morgan fingerprint density at radius 2 is 1.85 bits per heavy atom. The van der Waals surface area contributed by atoms with Crippen LogP contribution in [0, 0.1) is 5.82 Å². The van der Waals surface area contributed by atoms with E-state index >= 15 is 4.39 Å². The summed E-state index contributed by atoms with van der Waals surface area (Å²) in [6.45, 7) is 7.14. The number of benzene rings is 2. The van der Waals surface area contributed by atoms with Crippen LogP contribution in [0.15, 0.2) is 53.1 Å². The Hall–Kier alpha value is -3.26. The first-order chi connectivity index (χ1) is 16.0. The van der Waals surface area contributed by atoms with Crippen LogP contribution in [0.4, 0.5) is 10.1 Å². The van der Waals surface area contributed by atoms with E-state index in [1.807, 2.05) is 62.2 Å². The van der Waals surface area contributed by atoms with Crippen LogP contribution in [0.1, 0.15) is 31.3 Å². The second-order valence-electron chi connectivity index (χ2n) is 8.22. The maximum absolute atomic E-state index is 15.0. The molecule has 2 heterocycles. The number of piperazine rings is 1. The van der Waals surface area contributed by atoms with E-state index in [9.17, 15) is 4.79 Å². The number of amides is 1. The number of aryl methyl sites for hydroxylation is 1. The summed E-state index contributed by atoms with van der Waals surface area (Å²) in [5.74, 6) is 0.686. The molecule has 8 heteroatoms.